The summed E-state index contributed by atoms with van der Waals surface area (Å²) in [6.07, 6.45) is 1.52. The van der Waals surface area contributed by atoms with Crippen LogP contribution >= 0.6 is 11.6 Å². The van der Waals surface area contributed by atoms with E-state index < -0.39 is 10.9 Å². The van der Waals surface area contributed by atoms with E-state index >= 15 is 0 Å². The smallest absolute Gasteiger partial charge is 0.363 e. The van der Waals surface area contributed by atoms with Crippen LogP contribution in [0, 0.1) is 24.0 Å². The summed E-state index contributed by atoms with van der Waals surface area (Å²) in [5.74, 6) is -0.567. The summed E-state index contributed by atoms with van der Waals surface area (Å²) in [6.45, 7) is 3.77. The fourth-order valence-corrected chi connectivity index (χ4v) is 3.25. The van der Waals surface area contributed by atoms with Crippen molar-refractivity contribution >= 4 is 35.2 Å². The van der Waals surface area contributed by atoms with Crippen LogP contribution in [0.2, 0.25) is 5.15 Å². The number of hydrogen-bond acceptors (Lipinski definition) is 6. The van der Waals surface area contributed by atoms with E-state index in [2.05, 4.69) is 10.1 Å². The van der Waals surface area contributed by atoms with E-state index in [1.165, 1.54) is 30.3 Å². The van der Waals surface area contributed by atoms with Crippen LogP contribution < -0.4 is 0 Å². The van der Waals surface area contributed by atoms with Crippen LogP contribution in [-0.4, -0.2) is 26.6 Å². The molecule has 0 amide bonds. The lowest BCUT2D eigenvalue weighted by molar-refractivity contribution is -0.384. The van der Waals surface area contributed by atoms with Crippen LogP contribution in [0.4, 0.5) is 5.69 Å². The summed E-state index contributed by atoms with van der Waals surface area (Å²) < 4.78 is 6.81. The van der Waals surface area contributed by atoms with Gasteiger partial charge in [-0.3, -0.25) is 10.1 Å². The van der Waals surface area contributed by atoms with Gasteiger partial charge in [-0.25, -0.2) is 14.5 Å². The summed E-state index contributed by atoms with van der Waals surface area (Å²) in [5, 5.41) is 15.6. The van der Waals surface area contributed by atoms with E-state index in [1.807, 2.05) is 31.2 Å². The second kappa shape index (κ2) is 7.57. The molecule has 1 aliphatic rings. The predicted molar refractivity (Wildman–Crippen MR) is 112 cm³/mol. The molecule has 1 aliphatic heterocycles. The zero-order chi connectivity index (χ0) is 21.4. The number of esters is 1. The maximum Gasteiger partial charge on any atom is 0.363 e. The molecule has 0 N–H and O–H groups in total. The Bertz CT molecular complexity index is 1230. The van der Waals surface area contributed by atoms with Gasteiger partial charge in [-0.15, -0.1) is 0 Å². The maximum atomic E-state index is 12.3. The molecule has 1 aromatic heterocycles. The van der Waals surface area contributed by atoms with Crippen LogP contribution in [0.1, 0.15) is 22.4 Å². The number of nitro groups is 1. The number of ether oxygens (including phenoxy) is 1. The van der Waals surface area contributed by atoms with Crippen molar-refractivity contribution in [2.75, 3.05) is 0 Å². The molecular formula is C21H15ClN4O4. The highest BCUT2D eigenvalue weighted by Crippen LogP contribution is 2.28. The molecule has 0 aliphatic carbocycles. The minimum absolute atomic E-state index is 0.0645. The van der Waals surface area contributed by atoms with Crippen molar-refractivity contribution in [3.63, 3.8) is 0 Å². The Balaban J connectivity index is 1.68. The summed E-state index contributed by atoms with van der Waals surface area (Å²) in [7, 11) is 0. The molecule has 0 bridgehead atoms. The van der Waals surface area contributed by atoms with Crippen LogP contribution in [0.25, 0.3) is 11.8 Å². The molecule has 30 heavy (non-hydrogen) atoms. The second-order valence-electron chi connectivity index (χ2n) is 6.68. The van der Waals surface area contributed by atoms with Crippen molar-refractivity contribution in [1.29, 1.82) is 0 Å². The number of non-ortho nitro benzene ring substituents is 1. The number of aryl methyl sites for hydroxylation is 2. The largest absolute Gasteiger partial charge is 0.402 e. The van der Waals surface area contributed by atoms with Crippen molar-refractivity contribution in [2.24, 2.45) is 4.99 Å². The van der Waals surface area contributed by atoms with E-state index in [-0.39, 0.29) is 17.3 Å². The van der Waals surface area contributed by atoms with Gasteiger partial charge in [0.15, 0.2) is 5.70 Å². The highest BCUT2D eigenvalue weighted by molar-refractivity contribution is 6.31. The molecule has 0 fully saturated rings. The molecule has 2 heterocycles. The monoisotopic (exact) mass is 422 g/mol. The third-order valence-corrected chi connectivity index (χ3v) is 4.92. The first-order valence-corrected chi connectivity index (χ1v) is 9.31. The van der Waals surface area contributed by atoms with E-state index in [0.29, 0.717) is 22.0 Å². The number of nitro benzene ring substituents is 1. The lowest BCUT2D eigenvalue weighted by Gasteiger charge is -2.03. The van der Waals surface area contributed by atoms with Crippen LogP contribution in [0.15, 0.2) is 59.2 Å². The number of halogens is 1. The van der Waals surface area contributed by atoms with Gasteiger partial charge in [0.1, 0.15) is 5.15 Å². The summed E-state index contributed by atoms with van der Waals surface area (Å²) in [5.41, 5.74) is 3.54. The van der Waals surface area contributed by atoms with Gasteiger partial charge in [-0.05, 0) is 44.2 Å². The molecule has 3 aromatic rings. The Kier molecular flexibility index (Phi) is 4.93. The van der Waals surface area contributed by atoms with Gasteiger partial charge in [0.2, 0.25) is 5.90 Å². The van der Waals surface area contributed by atoms with Crippen molar-refractivity contribution in [2.45, 2.75) is 13.8 Å². The Hall–Kier alpha value is -3.78. The first-order valence-electron chi connectivity index (χ1n) is 8.93. The average molecular weight is 423 g/mol. The van der Waals surface area contributed by atoms with Crippen LogP contribution in [-0.2, 0) is 9.53 Å². The topological polar surface area (TPSA) is 99.6 Å². The first kappa shape index (κ1) is 19.5. The van der Waals surface area contributed by atoms with E-state index in [0.717, 1.165) is 11.3 Å². The minimum atomic E-state index is -0.637. The summed E-state index contributed by atoms with van der Waals surface area (Å²) in [6, 6.07) is 13.3. The molecule has 0 atom stereocenters. The highest BCUT2D eigenvalue weighted by atomic mass is 35.5. The third kappa shape index (κ3) is 3.60. The molecule has 0 spiro atoms. The van der Waals surface area contributed by atoms with Gasteiger partial charge in [-0.1, -0.05) is 29.3 Å². The fraction of sp³-hybridized carbons (Fsp3) is 0.0952. The predicted octanol–water partition coefficient (Wildman–Crippen LogP) is 4.40. The SMILES string of the molecule is Cc1ccc(-n2nc(C)c(/C=C3\N=C(c4ccc([N+](=O)[O-])cc4)OC3=O)c2Cl)cc1. The van der Waals surface area contributed by atoms with E-state index in [1.54, 1.807) is 11.6 Å². The number of benzene rings is 2. The minimum Gasteiger partial charge on any atom is -0.402 e. The third-order valence-electron chi connectivity index (χ3n) is 4.55. The van der Waals surface area contributed by atoms with Crippen LogP contribution in [0.3, 0.4) is 0 Å². The number of cyclic esters (lactones) is 1. The molecule has 0 saturated carbocycles. The maximum absolute atomic E-state index is 12.3. The molecule has 0 saturated heterocycles. The zero-order valence-corrected chi connectivity index (χ0v) is 16.8. The number of nitrogens with zero attached hydrogens (tertiary/aromatic N) is 4. The number of aromatic nitrogens is 2. The number of carbonyl (C=O) groups excluding carboxylic acids is 1. The lowest BCUT2D eigenvalue weighted by atomic mass is 10.2. The normalized spacial score (nSPS) is 14.7. The quantitative estimate of drug-likeness (QED) is 0.268. The number of hydrogen-bond donors (Lipinski definition) is 0. The Morgan fingerprint density at radius 1 is 1.10 bits per heavy atom. The first-order chi connectivity index (χ1) is 14.3. The second-order valence-corrected chi connectivity index (χ2v) is 7.04. The Morgan fingerprint density at radius 2 is 1.77 bits per heavy atom. The van der Waals surface area contributed by atoms with Crippen molar-refractivity contribution < 1.29 is 14.5 Å². The molecular weight excluding hydrogens is 408 g/mol. The number of aliphatic imine (C=N–C) groups is 1. The molecule has 0 radical (unpaired) electrons. The zero-order valence-electron chi connectivity index (χ0n) is 16.0. The number of rotatable bonds is 4. The van der Waals surface area contributed by atoms with Gasteiger partial charge >= 0.3 is 5.97 Å². The van der Waals surface area contributed by atoms with Crippen LogP contribution in [0.5, 0.6) is 0 Å². The van der Waals surface area contributed by atoms with Gasteiger partial charge in [0, 0.05) is 23.3 Å². The highest BCUT2D eigenvalue weighted by Gasteiger charge is 2.26. The molecule has 9 heteroatoms. The van der Waals surface area contributed by atoms with Gasteiger partial charge in [-0.2, -0.15) is 5.10 Å². The van der Waals surface area contributed by atoms with Gasteiger partial charge in [0.05, 0.1) is 16.3 Å². The Morgan fingerprint density at radius 3 is 2.40 bits per heavy atom. The average Bonchev–Trinajstić information content (AvgIpc) is 3.23. The molecule has 0 unspecified atom stereocenters. The molecule has 2 aromatic carbocycles. The summed E-state index contributed by atoms with van der Waals surface area (Å²) >= 11 is 6.52. The summed E-state index contributed by atoms with van der Waals surface area (Å²) in [4.78, 5) is 26.8. The Labute approximate surface area is 176 Å². The number of carbonyl (C=O) groups is 1. The fourth-order valence-electron chi connectivity index (χ4n) is 2.93. The van der Waals surface area contributed by atoms with Crippen molar-refractivity contribution in [1.82, 2.24) is 9.78 Å². The molecule has 150 valence electrons. The van der Waals surface area contributed by atoms with Crippen molar-refractivity contribution in [3.05, 3.63) is 91.9 Å². The molecule has 4 rings (SSSR count). The van der Waals surface area contributed by atoms with Gasteiger partial charge in [0.25, 0.3) is 5.69 Å². The van der Waals surface area contributed by atoms with Crippen molar-refractivity contribution in [3.8, 4) is 5.69 Å². The lowest BCUT2D eigenvalue weighted by Crippen LogP contribution is -2.05. The van der Waals surface area contributed by atoms with E-state index in [9.17, 15) is 14.9 Å². The van der Waals surface area contributed by atoms with Gasteiger partial charge < -0.3 is 4.74 Å². The van der Waals surface area contributed by atoms with E-state index in [4.69, 9.17) is 16.3 Å². The standard InChI is InChI=1S/C21H15ClN4O4/c1-12-3-7-15(8-4-12)25-19(22)17(13(2)24-25)11-18-21(27)30-20(23-18)14-5-9-16(10-6-14)26(28)29/h3-11H,1-2H3/b18-11-. The molecule has 8 nitrogen and oxygen atoms in total.